The highest BCUT2D eigenvalue weighted by Crippen LogP contribution is 2.46. The van der Waals surface area contributed by atoms with Crippen LogP contribution in [0.5, 0.6) is 0 Å². The number of rotatable bonds is 5. The molecule has 1 unspecified atom stereocenters. The van der Waals surface area contributed by atoms with E-state index in [9.17, 15) is 9.59 Å². The fourth-order valence-corrected chi connectivity index (χ4v) is 5.68. The van der Waals surface area contributed by atoms with E-state index in [1.165, 1.54) is 5.56 Å². The standard InChI is InChI=1S/C22H25Cl2O2P/c1-7-27(21(26)19-16(23)9-8-10-17(19)24)20(25)18-13(2)11-15(12-14(18)3)22(4,5)6/h8-12H,7H2,1-6H3. The molecule has 0 aliphatic heterocycles. The number of halogens is 2. The molecule has 27 heavy (non-hydrogen) atoms. The van der Waals surface area contributed by atoms with E-state index in [0.29, 0.717) is 11.7 Å². The second-order valence-corrected chi connectivity index (χ2v) is 10.8. The molecular weight excluding hydrogens is 398 g/mol. The van der Waals surface area contributed by atoms with Crippen LogP contribution in [0.2, 0.25) is 10.0 Å². The molecule has 2 nitrogen and oxygen atoms in total. The molecule has 2 aromatic carbocycles. The Labute approximate surface area is 173 Å². The van der Waals surface area contributed by atoms with Crippen LogP contribution in [0, 0.1) is 13.8 Å². The van der Waals surface area contributed by atoms with Crippen molar-refractivity contribution in [3.05, 3.63) is 68.2 Å². The summed E-state index contributed by atoms with van der Waals surface area (Å²) in [7, 11) is -1.58. The van der Waals surface area contributed by atoms with Crippen LogP contribution in [-0.2, 0) is 5.41 Å². The van der Waals surface area contributed by atoms with Crippen LogP contribution in [-0.4, -0.2) is 17.2 Å². The van der Waals surface area contributed by atoms with Gasteiger partial charge in [-0.3, -0.25) is 9.59 Å². The van der Waals surface area contributed by atoms with Gasteiger partial charge in [0.25, 0.3) is 0 Å². The molecule has 5 heteroatoms. The number of hydrogen-bond donors (Lipinski definition) is 0. The molecule has 0 aromatic heterocycles. The lowest BCUT2D eigenvalue weighted by atomic mass is 9.84. The molecule has 0 saturated heterocycles. The van der Waals surface area contributed by atoms with Gasteiger partial charge in [-0.05, 0) is 54.2 Å². The second kappa shape index (κ2) is 8.43. The summed E-state index contributed by atoms with van der Waals surface area (Å²) in [6, 6.07) is 9.05. The van der Waals surface area contributed by atoms with E-state index < -0.39 is 7.92 Å². The van der Waals surface area contributed by atoms with Crippen molar-refractivity contribution in [3.8, 4) is 0 Å². The first-order valence-electron chi connectivity index (χ1n) is 8.91. The summed E-state index contributed by atoms with van der Waals surface area (Å²) in [6.07, 6.45) is 0.453. The summed E-state index contributed by atoms with van der Waals surface area (Å²) in [4.78, 5) is 26.5. The fourth-order valence-electron chi connectivity index (χ4n) is 3.09. The third-order valence-electron chi connectivity index (χ3n) is 4.60. The van der Waals surface area contributed by atoms with Gasteiger partial charge < -0.3 is 0 Å². The highest BCUT2D eigenvalue weighted by atomic mass is 35.5. The Bertz CT molecular complexity index is 854. The minimum absolute atomic E-state index is 0.00645. The van der Waals surface area contributed by atoms with E-state index in [1.807, 2.05) is 20.8 Å². The van der Waals surface area contributed by atoms with Crippen LogP contribution in [0.1, 0.15) is 65.1 Å². The normalized spacial score (nSPS) is 12.7. The fraction of sp³-hybridized carbons (Fsp3) is 0.364. The monoisotopic (exact) mass is 422 g/mol. The van der Waals surface area contributed by atoms with E-state index in [1.54, 1.807) is 18.2 Å². The lowest BCUT2D eigenvalue weighted by Crippen LogP contribution is -2.15. The van der Waals surface area contributed by atoms with E-state index in [0.717, 1.165) is 11.1 Å². The molecule has 0 bridgehead atoms. The van der Waals surface area contributed by atoms with E-state index in [2.05, 4.69) is 32.9 Å². The molecule has 2 rings (SSSR count). The summed E-state index contributed by atoms with van der Waals surface area (Å²) >= 11 is 12.4. The van der Waals surface area contributed by atoms with Crippen molar-refractivity contribution >= 4 is 42.2 Å². The number of carbonyl (C=O) groups excluding carboxylic acids is 2. The molecule has 0 radical (unpaired) electrons. The van der Waals surface area contributed by atoms with Crippen LogP contribution in [0.25, 0.3) is 0 Å². The minimum atomic E-state index is -1.58. The highest BCUT2D eigenvalue weighted by Gasteiger charge is 2.31. The van der Waals surface area contributed by atoms with Gasteiger partial charge in [-0.1, -0.05) is 69.1 Å². The Morgan fingerprint density at radius 2 is 1.37 bits per heavy atom. The van der Waals surface area contributed by atoms with Crippen molar-refractivity contribution in [1.29, 1.82) is 0 Å². The van der Waals surface area contributed by atoms with Gasteiger partial charge in [0.1, 0.15) is 0 Å². The number of benzene rings is 2. The van der Waals surface area contributed by atoms with Crippen molar-refractivity contribution in [2.45, 2.75) is 47.0 Å². The lowest BCUT2D eigenvalue weighted by Gasteiger charge is -2.23. The van der Waals surface area contributed by atoms with Crippen LogP contribution < -0.4 is 0 Å². The molecule has 0 fully saturated rings. The quantitative estimate of drug-likeness (QED) is 0.470. The van der Waals surface area contributed by atoms with Gasteiger partial charge in [0.15, 0.2) is 11.0 Å². The Hall–Kier alpha value is -1.21. The van der Waals surface area contributed by atoms with Crippen molar-refractivity contribution in [3.63, 3.8) is 0 Å². The predicted molar refractivity (Wildman–Crippen MR) is 117 cm³/mol. The summed E-state index contributed by atoms with van der Waals surface area (Å²) in [6.45, 7) is 12.2. The van der Waals surface area contributed by atoms with Gasteiger partial charge in [0, 0.05) is 13.5 Å². The summed E-state index contributed by atoms with van der Waals surface area (Å²) in [5, 5.41) is 0.579. The Morgan fingerprint density at radius 3 is 1.78 bits per heavy atom. The third-order valence-corrected chi connectivity index (χ3v) is 7.29. The molecule has 0 amide bonds. The zero-order chi connectivity index (χ0) is 20.5. The molecule has 0 aliphatic carbocycles. The molecule has 144 valence electrons. The SMILES string of the molecule is CCP(C(=O)c1c(C)cc(C(C)(C)C)cc1C)C(=O)c1c(Cl)cccc1Cl. The zero-order valence-corrected chi connectivity index (χ0v) is 19.0. The van der Waals surface area contributed by atoms with Crippen LogP contribution in [0.15, 0.2) is 30.3 Å². The second-order valence-electron chi connectivity index (χ2n) is 7.69. The Kier molecular flexibility index (Phi) is 6.90. The first-order chi connectivity index (χ1) is 12.5. The van der Waals surface area contributed by atoms with Crippen LogP contribution in [0.3, 0.4) is 0 Å². The molecule has 0 N–H and O–H groups in total. The van der Waals surface area contributed by atoms with E-state index in [-0.39, 0.29) is 32.1 Å². The molecule has 0 aliphatic rings. The maximum absolute atomic E-state index is 13.3. The molecule has 1 atom stereocenters. The van der Waals surface area contributed by atoms with Crippen LogP contribution >= 0.6 is 31.1 Å². The highest BCUT2D eigenvalue weighted by molar-refractivity contribution is 7.90. The van der Waals surface area contributed by atoms with E-state index >= 15 is 0 Å². The Morgan fingerprint density at radius 1 is 0.926 bits per heavy atom. The largest absolute Gasteiger partial charge is 0.289 e. The maximum Gasteiger partial charge on any atom is 0.195 e. The van der Waals surface area contributed by atoms with Gasteiger partial charge in [-0.15, -0.1) is 0 Å². The van der Waals surface area contributed by atoms with Gasteiger partial charge in [-0.25, -0.2) is 0 Å². The van der Waals surface area contributed by atoms with Crippen molar-refractivity contribution in [1.82, 2.24) is 0 Å². The average Bonchev–Trinajstić information content (AvgIpc) is 2.53. The maximum atomic E-state index is 13.3. The first kappa shape index (κ1) is 22.1. The number of aryl methyl sites for hydroxylation is 2. The number of hydrogen-bond acceptors (Lipinski definition) is 2. The van der Waals surface area contributed by atoms with E-state index in [4.69, 9.17) is 23.2 Å². The van der Waals surface area contributed by atoms with Gasteiger partial charge in [0.2, 0.25) is 0 Å². The van der Waals surface area contributed by atoms with Crippen molar-refractivity contribution in [2.24, 2.45) is 0 Å². The topological polar surface area (TPSA) is 34.1 Å². The number of carbonyl (C=O) groups is 2. The summed E-state index contributed by atoms with van der Waals surface area (Å²) < 4.78 is 0. The summed E-state index contributed by atoms with van der Waals surface area (Å²) in [5.41, 5.74) is 3.52. The smallest absolute Gasteiger partial charge is 0.195 e. The van der Waals surface area contributed by atoms with Crippen molar-refractivity contribution in [2.75, 3.05) is 6.16 Å². The zero-order valence-electron chi connectivity index (χ0n) is 16.6. The predicted octanol–water partition coefficient (Wildman–Crippen LogP) is 7.39. The summed E-state index contributed by atoms with van der Waals surface area (Å²) in [5.74, 6) is 0. The third kappa shape index (κ3) is 4.62. The average molecular weight is 423 g/mol. The first-order valence-corrected chi connectivity index (χ1v) is 11.2. The van der Waals surface area contributed by atoms with Gasteiger partial charge >= 0.3 is 0 Å². The lowest BCUT2D eigenvalue weighted by molar-refractivity contribution is 0.105. The van der Waals surface area contributed by atoms with Gasteiger partial charge in [-0.2, -0.15) is 0 Å². The molecule has 2 aromatic rings. The minimum Gasteiger partial charge on any atom is -0.289 e. The van der Waals surface area contributed by atoms with Crippen LogP contribution in [0.4, 0.5) is 0 Å². The van der Waals surface area contributed by atoms with Crippen molar-refractivity contribution < 1.29 is 9.59 Å². The molecule has 0 saturated carbocycles. The molecule has 0 heterocycles. The molecular formula is C22H25Cl2O2P. The molecule has 0 spiro atoms. The Balaban J connectivity index is 2.50. The van der Waals surface area contributed by atoms with Gasteiger partial charge in [0.05, 0.1) is 15.6 Å².